The van der Waals surface area contributed by atoms with Crippen molar-refractivity contribution in [2.75, 3.05) is 20.2 Å². The van der Waals surface area contributed by atoms with Gasteiger partial charge in [0, 0.05) is 18.7 Å². The van der Waals surface area contributed by atoms with Crippen molar-refractivity contribution in [3.05, 3.63) is 29.8 Å². The van der Waals surface area contributed by atoms with Gasteiger partial charge in [0.1, 0.15) is 11.9 Å². The van der Waals surface area contributed by atoms with Gasteiger partial charge in [0.2, 0.25) is 3.79 Å². The standard InChI is InChI=1S/C15H19Cl3N2O2/c1-22-12-7-5-11(6-8-12)13(21)19-14(15(16,17)18)20-9-3-2-4-10-20/h5-8,14H,2-4,9-10H2,1H3,(H,19,21)/t14-/m0/s1. The number of piperidine rings is 1. The fourth-order valence-corrected chi connectivity index (χ4v) is 3.08. The molecule has 0 radical (unpaired) electrons. The van der Waals surface area contributed by atoms with Crippen LogP contribution < -0.4 is 10.1 Å². The number of carbonyl (C=O) groups is 1. The molecule has 1 atom stereocenters. The number of alkyl halides is 3. The lowest BCUT2D eigenvalue weighted by atomic mass is 10.1. The molecule has 122 valence electrons. The highest BCUT2D eigenvalue weighted by molar-refractivity contribution is 6.68. The van der Waals surface area contributed by atoms with Gasteiger partial charge in [0.25, 0.3) is 5.91 Å². The number of halogens is 3. The minimum atomic E-state index is -1.58. The zero-order valence-corrected chi connectivity index (χ0v) is 14.6. The summed E-state index contributed by atoms with van der Waals surface area (Å²) >= 11 is 18.2. The molecule has 1 aliphatic heterocycles. The number of carbonyl (C=O) groups excluding carboxylic acids is 1. The van der Waals surface area contributed by atoms with E-state index in [1.54, 1.807) is 31.4 Å². The maximum absolute atomic E-state index is 12.4. The summed E-state index contributed by atoms with van der Waals surface area (Å²) in [5.74, 6) is 0.412. The highest BCUT2D eigenvalue weighted by atomic mass is 35.6. The molecule has 1 N–H and O–H groups in total. The Balaban J connectivity index is 2.09. The van der Waals surface area contributed by atoms with E-state index < -0.39 is 9.96 Å². The second-order valence-electron chi connectivity index (χ2n) is 5.24. The predicted octanol–water partition coefficient (Wildman–Crippen LogP) is 3.61. The average molecular weight is 366 g/mol. The van der Waals surface area contributed by atoms with Gasteiger partial charge >= 0.3 is 0 Å². The summed E-state index contributed by atoms with van der Waals surface area (Å²) in [6.07, 6.45) is 2.59. The second kappa shape index (κ2) is 7.73. The van der Waals surface area contributed by atoms with Crippen LogP contribution in [0.1, 0.15) is 29.6 Å². The van der Waals surface area contributed by atoms with Crippen LogP contribution in [0.15, 0.2) is 24.3 Å². The zero-order chi connectivity index (χ0) is 16.2. The maximum atomic E-state index is 12.4. The van der Waals surface area contributed by atoms with E-state index in [1.165, 1.54) is 0 Å². The molecule has 4 nitrogen and oxygen atoms in total. The van der Waals surface area contributed by atoms with Gasteiger partial charge in [-0.05, 0) is 37.1 Å². The summed E-state index contributed by atoms with van der Waals surface area (Å²) in [5.41, 5.74) is 0.497. The molecule has 1 aromatic rings. The molecule has 1 aromatic carbocycles. The molecule has 1 amide bonds. The lowest BCUT2D eigenvalue weighted by molar-refractivity contribution is 0.0819. The molecule has 0 unspecified atom stereocenters. The van der Waals surface area contributed by atoms with E-state index in [4.69, 9.17) is 39.5 Å². The van der Waals surface area contributed by atoms with Crippen LogP contribution in [-0.4, -0.2) is 41.0 Å². The Bertz CT molecular complexity index is 497. The molecule has 1 heterocycles. The van der Waals surface area contributed by atoms with Gasteiger partial charge in [-0.2, -0.15) is 0 Å². The van der Waals surface area contributed by atoms with Crippen molar-refractivity contribution in [3.63, 3.8) is 0 Å². The van der Waals surface area contributed by atoms with E-state index >= 15 is 0 Å². The number of rotatable bonds is 4. The molecular formula is C15H19Cl3N2O2. The van der Waals surface area contributed by atoms with Crippen molar-refractivity contribution >= 4 is 40.7 Å². The quantitative estimate of drug-likeness (QED) is 0.829. The Morgan fingerprint density at radius 1 is 1.18 bits per heavy atom. The number of nitrogens with one attached hydrogen (secondary N) is 1. The van der Waals surface area contributed by atoms with Crippen molar-refractivity contribution in [2.45, 2.75) is 29.2 Å². The highest BCUT2D eigenvalue weighted by Gasteiger charge is 2.38. The van der Waals surface area contributed by atoms with Crippen LogP contribution in [0.3, 0.4) is 0 Å². The van der Waals surface area contributed by atoms with Crippen LogP contribution in [0.2, 0.25) is 0 Å². The third-order valence-electron chi connectivity index (χ3n) is 3.69. The maximum Gasteiger partial charge on any atom is 0.252 e. The molecule has 0 bridgehead atoms. The zero-order valence-electron chi connectivity index (χ0n) is 12.3. The van der Waals surface area contributed by atoms with E-state index in [1.807, 2.05) is 4.90 Å². The Labute approximate surface area is 145 Å². The summed E-state index contributed by atoms with van der Waals surface area (Å²) in [6.45, 7) is 1.61. The minimum absolute atomic E-state index is 0.274. The predicted molar refractivity (Wildman–Crippen MR) is 90.0 cm³/mol. The number of hydrogen-bond donors (Lipinski definition) is 1. The summed E-state index contributed by atoms with van der Waals surface area (Å²) in [4.78, 5) is 14.4. The van der Waals surface area contributed by atoms with Crippen LogP contribution >= 0.6 is 34.8 Å². The SMILES string of the molecule is COc1ccc(C(=O)N[C@@H](N2CCCCC2)C(Cl)(Cl)Cl)cc1. The minimum Gasteiger partial charge on any atom is -0.497 e. The number of amides is 1. The number of ether oxygens (including phenoxy) is 1. The van der Waals surface area contributed by atoms with Crippen molar-refractivity contribution in [3.8, 4) is 5.75 Å². The number of benzene rings is 1. The normalized spacial score (nSPS) is 17.8. The number of likely N-dealkylation sites (tertiary alicyclic amines) is 1. The number of hydrogen-bond acceptors (Lipinski definition) is 3. The summed E-state index contributed by atoms with van der Waals surface area (Å²) in [7, 11) is 1.57. The number of methoxy groups -OCH3 is 1. The first-order valence-corrected chi connectivity index (χ1v) is 8.31. The monoisotopic (exact) mass is 364 g/mol. The van der Waals surface area contributed by atoms with Gasteiger partial charge in [-0.1, -0.05) is 41.2 Å². The Hall–Kier alpha value is -0.680. The van der Waals surface area contributed by atoms with E-state index in [2.05, 4.69) is 5.32 Å². The molecule has 0 aliphatic carbocycles. The summed E-state index contributed by atoms with van der Waals surface area (Å²) < 4.78 is 3.49. The van der Waals surface area contributed by atoms with Gasteiger partial charge in [-0.3, -0.25) is 9.69 Å². The highest BCUT2D eigenvalue weighted by Crippen LogP contribution is 2.33. The molecule has 1 saturated heterocycles. The first-order chi connectivity index (χ1) is 10.4. The van der Waals surface area contributed by atoms with Gasteiger partial charge < -0.3 is 10.1 Å². The van der Waals surface area contributed by atoms with Crippen LogP contribution in [0.5, 0.6) is 5.75 Å². The van der Waals surface area contributed by atoms with Crippen LogP contribution in [-0.2, 0) is 0 Å². The van der Waals surface area contributed by atoms with Crippen LogP contribution in [0.25, 0.3) is 0 Å². The third kappa shape index (κ3) is 4.66. The van der Waals surface area contributed by atoms with Crippen molar-refractivity contribution in [2.24, 2.45) is 0 Å². The Morgan fingerprint density at radius 2 is 1.77 bits per heavy atom. The van der Waals surface area contributed by atoms with E-state index in [0.29, 0.717) is 11.3 Å². The first-order valence-electron chi connectivity index (χ1n) is 7.17. The molecule has 2 rings (SSSR count). The number of nitrogens with zero attached hydrogens (tertiary/aromatic N) is 1. The fourth-order valence-electron chi connectivity index (χ4n) is 2.51. The first kappa shape index (κ1) is 17.7. The van der Waals surface area contributed by atoms with E-state index in [-0.39, 0.29) is 5.91 Å². The molecule has 0 spiro atoms. The Kier molecular flexibility index (Phi) is 6.21. The molecule has 22 heavy (non-hydrogen) atoms. The van der Waals surface area contributed by atoms with Crippen molar-refractivity contribution in [1.29, 1.82) is 0 Å². The average Bonchev–Trinajstić information content (AvgIpc) is 2.52. The van der Waals surface area contributed by atoms with Gasteiger partial charge in [-0.25, -0.2) is 0 Å². The lowest BCUT2D eigenvalue weighted by Gasteiger charge is -2.38. The third-order valence-corrected chi connectivity index (χ3v) is 4.31. The lowest BCUT2D eigenvalue weighted by Crippen LogP contribution is -2.56. The molecule has 1 aliphatic rings. The smallest absolute Gasteiger partial charge is 0.252 e. The van der Waals surface area contributed by atoms with Crippen molar-refractivity contribution in [1.82, 2.24) is 10.2 Å². The largest absolute Gasteiger partial charge is 0.497 e. The fraction of sp³-hybridized carbons (Fsp3) is 0.533. The second-order valence-corrected chi connectivity index (χ2v) is 7.61. The molecule has 1 fully saturated rings. The van der Waals surface area contributed by atoms with Crippen molar-refractivity contribution < 1.29 is 9.53 Å². The van der Waals surface area contributed by atoms with E-state index in [0.717, 1.165) is 32.4 Å². The van der Waals surface area contributed by atoms with Gasteiger partial charge in [0.15, 0.2) is 0 Å². The summed E-state index contributed by atoms with van der Waals surface area (Å²) in [6, 6.07) is 6.81. The van der Waals surface area contributed by atoms with Crippen LogP contribution in [0.4, 0.5) is 0 Å². The van der Waals surface area contributed by atoms with Gasteiger partial charge in [0.05, 0.1) is 7.11 Å². The molecule has 7 heteroatoms. The summed E-state index contributed by atoms with van der Waals surface area (Å²) in [5, 5.41) is 2.83. The molecule has 0 aromatic heterocycles. The molecule has 0 saturated carbocycles. The van der Waals surface area contributed by atoms with Gasteiger partial charge in [-0.15, -0.1) is 0 Å². The topological polar surface area (TPSA) is 41.6 Å². The Morgan fingerprint density at radius 3 is 2.27 bits per heavy atom. The van der Waals surface area contributed by atoms with E-state index in [9.17, 15) is 4.79 Å². The van der Waals surface area contributed by atoms with Crippen LogP contribution in [0, 0.1) is 0 Å². The molecular weight excluding hydrogens is 347 g/mol.